The number of fused-ring (bicyclic) bond motifs is 4. The van der Waals surface area contributed by atoms with Crippen LogP contribution in [0, 0.1) is 10.1 Å². The van der Waals surface area contributed by atoms with Crippen LogP contribution in [0.5, 0.6) is 11.5 Å². The fourth-order valence-electron chi connectivity index (χ4n) is 4.19. The Hall–Kier alpha value is -3.68. The van der Waals surface area contributed by atoms with E-state index in [1.807, 2.05) is 6.07 Å². The van der Waals surface area contributed by atoms with Gasteiger partial charge in [0.15, 0.2) is 17.8 Å². The molecule has 2 aromatic carbocycles. The number of ether oxygens (including phenoxy) is 2. The molecule has 1 aromatic heterocycles. The molecule has 0 atom stereocenters. The third-order valence-electron chi connectivity index (χ3n) is 5.54. The van der Waals surface area contributed by atoms with E-state index in [1.165, 1.54) is 6.07 Å². The zero-order chi connectivity index (χ0) is 20.3. The zero-order valence-corrected chi connectivity index (χ0v) is 15.8. The van der Waals surface area contributed by atoms with Crippen LogP contribution in [0.1, 0.15) is 35.5 Å². The van der Waals surface area contributed by atoms with Crippen LogP contribution in [-0.2, 0) is 11.8 Å². The van der Waals surface area contributed by atoms with Gasteiger partial charge in [0, 0.05) is 29.3 Å². The van der Waals surface area contributed by atoms with Gasteiger partial charge in [0.2, 0.25) is 6.79 Å². The van der Waals surface area contributed by atoms with Crippen molar-refractivity contribution in [3.05, 3.63) is 63.3 Å². The van der Waals surface area contributed by atoms with Crippen molar-refractivity contribution < 1.29 is 19.2 Å². The quantitative estimate of drug-likeness (QED) is 0.382. The zero-order valence-electron chi connectivity index (χ0n) is 15.8. The number of aldehydes is 1. The van der Waals surface area contributed by atoms with Gasteiger partial charge in [-0.2, -0.15) is 5.10 Å². The first kappa shape index (κ1) is 17.4. The Bertz CT molecular complexity index is 1200. The van der Waals surface area contributed by atoms with Crippen LogP contribution in [0.2, 0.25) is 0 Å². The van der Waals surface area contributed by atoms with E-state index < -0.39 is 4.92 Å². The largest absolute Gasteiger partial charge is 0.454 e. The van der Waals surface area contributed by atoms with E-state index in [2.05, 4.69) is 18.9 Å². The molecule has 0 bridgehead atoms. The number of nitro benzene ring substituents is 1. The van der Waals surface area contributed by atoms with Gasteiger partial charge in [-0.05, 0) is 29.5 Å². The summed E-state index contributed by atoms with van der Waals surface area (Å²) in [5.74, 6) is 1.23. The molecule has 0 amide bonds. The van der Waals surface area contributed by atoms with Gasteiger partial charge in [-0.15, -0.1) is 0 Å². The maximum absolute atomic E-state index is 11.8. The molecular formula is C21H17N3O5. The van der Waals surface area contributed by atoms with E-state index in [0.717, 1.165) is 17.4 Å². The number of rotatable bonds is 3. The Balaban J connectivity index is 1.80. The lowest BCUT2D eigenvalue weighted by Gasteiger charge is -2.32. The monoisotopic (exact) mass is 391 g/mol. The molecule has 0 radical (unpaired) electrons. The Morgan fingerprint density at radius 3 is 2.72 bits per heavy atom. The number of aromatic nitrogens is 2. The maximum Gasteiger partial charge on any atom is 0.270 e. The van der Waals surface area contributed by atoms with E-state index in [1.54, 1.807) is 28.9 Å². The van der Waals surface area contributed by atoms with E-state index in [-0.39, 0.29) is 17.9 Å². The summed E-state index contributed by atoms with van der Waals surface area (Å²) in [6.07, 6.45) is 1.34. The molecule has 0 spiro atoms. The Morgan fingerprint density at radius 1 is 1.17 bits per heavy atom. The molecule has 3 aromatic rings. The first-order valence-electron chi connectivity index (χ1n) is 9.15. The van der Waals surface area contributed by atoms with Crippen molar-refractivity contribution in [3.8, 4) is 28.4 Å². The topological polar surface area (TPSA) is 96.5 Å². The average Bonchev–Trinajstić information content (AvgIpc) is 3.30. The number of nitro groups is 1. The van der Waals surface area contributed by atoms with E-state index in [9.17, 15) is 14.9 Å². The fourth-order valence-corrected chi connectivity index (χ4v) is 4.19. The summed E-state index contributed by atoms with van der Waals surface area (Å²) < 4.78 is 12.5. The SMILES string of the molecule is CC1(C)Cc2c(C=O)nn(-c3ccc4c(c3)OCO4)c2-c2cc([N+](=O)[O-])ccc21. The minimum atomic E-state index is -0.413. The lowest BCUT2D eigenvalue weighted by Crippen LogP contribution is -2.26. The second kappa shape index (κ2) is 5.91. The molecule has 1 aliphatic heterocycles. The summed E-state index contributed by atoms with van der Waals surface area (Å²) in [5.41, 5.74) is 3.91. The van der Waals surface area contributed by atoms with Gasteiger partial charge in [0.25, 0.3) is 5.69 Å². The minimum Gasteiger partial charge on any atom is -0.454 e. The second-order valence-electron chi connectivity index (χ2n) is 7.83. The third kappa shape index (κ3) is 2.52. The fraction of sp³-hybridized carbons (Fsp3) is 0.238. The van der Waals surface area contributed by atoms with Crippen molar-refractivity contribution in [1.82, 2.24) is 9.78 Å². The molecule has 0 fully saturated rings. The van der Waals surface area contributed by atoms with Crippen molar-refractivity contribution in [1.29, 1.82) is 0 Å². The molecule has 2 aliphatic rings. The highest BCUT2D eigenvalue weighted by Gasteiger charge is 2.37. The van der Waals surface area contributed by atoms with Gasteiger partial charge < -0.3 is 9.47 Å². The predicted octanol–water partition coefficient (Wildman–Crippen LogP) is 3.82. The number of carbonyl (C=O) groups is 1. The molecule has 5 rings (SSSR count). The molecule has 0 unspecified atom stereocenters. The summed E-state index contributed by atoms with van der Waals surface area (Å²) in [6, 6.07) is 10.3. The minimum absolute atomic E-state index is 0.00140. The molecule has 29 heavy (non-hydrogen) atoms. The first-order valence-corrected chi connectivity index (χ1v) is 9.15. The number of carbonyl (C=O) groups excluding carboxylic acids is 1. The Kier molecular flexibility index (Phi) is 3.55. The number of hydrogen-bond acceptors (Lipinski definition) is 6. The standard InChI is InChI=1S/C21H17N3O5/c1-21(2)9-15-17(10-25)22-23(12-4-6-18-19(8-12)29-11-28-18)20(15)14-7-13(24(26)27)3-5-16(14)21/h3-8,10H,9,11H2,1-2H3. The molecule has 1 aliphatic carbocycles. The molecule has 8 nitrogen and oxygen atoms in total. The highest BCUT2D eigenvalue weighted by Crippen LogP contribution is 2.46. The summed E-state index contributed by atoms with van der Waals surface area (Å²) in [5, 5.41) is 15.9. The number of nitrogens with zero attached hydrogens (tertiary/aromatic N) is 3. The lowest BCUT2D eigenvalue weighted by molar-refractivity contribution is -0.384. The molecule has 0 saturated heterocycles. The predicted molar refractivity (Wildman–Crippen MR) is 104 cm³/mol. The molecule has 2 heterocycles. The van der Waals surface area contributed by atoms with E-state index in [0.29, 0.717) is 40.6 Å². The summed E-state index contributed by atoms with van der Waals surface area (Å²) in [4.78, 5) is 22.8. The van der Waals surface area contributed by atoms with Crippen LogP contribution in [0.15, 0.2) is 36.4 Å². The second-order valence-corrected chi connectivity index (χ2v) is 7.83. The van der Waals surface area contributed by atoms with Gasteiger partial charge in [-0.1, -0.05) is 19.9 Å². The van der Waals surface area contributed by atoms with Gasteiger partial charge in [-0.25, -0.2) is 4.68 Å². The Morgan fingerprint density at radius 2 is 1.97 bits per heavy atom. The summed E-state index contributed by atoms with van der Waals surface area (Å²) in [6.45, 7) is 4.28. The molecular weight excluding hydrogens is 374 g/mol. The molecule has 0 saturated carbocycles. The van der Waals surface area contributed by atoms with Crippen LogP contribution in [0.4, 0.5) is 5.69 Å². The Labute approximate surface area is 165 Å². The van der Waals surface area contributed by atoms with Crippen molar-refractivity contribution in [2.24, 2.45) is 0 Å². The summed E-state index contributed by atoms with van der Waals surface area (Å²) >= 11 is 0. The van der Waals surface area contributed by atoms with Crippen LogP contribution >= 0.6 is 0 Å². The van der Waals surface area contributed by atoms with Gasteiger partial charge >= 0.3 is 0 Å². The van der Waals surface area contributed by atoms with Gasteiger partial charge in [0.05, 0.1) is 16.3 Å². The maximum atomic E-state index is 11.8. The van der Waals surface area contributed by atoms with Crippen molar-refractivity contribution in [2.75, 3.05) is 6.79 Å². The van der Waals surface area contributed by atoms with Gasteiger partial charge in [-0.3, -0.25) is 14.9 Å². The van der Waals surface area contributed by atoms with E-state index >= 15 is 0 Å². The first-order chi connectivity index (χ1) is 13.9. The highest BCUT2D eigenvalue weighted by molar-refractivity contribution is 5.84. The molecule has 0 N–H and O–H groups in total. The normalized spacial score (nSPS) is 15.5. The average molecular weight is 391 g/mol. The van der Waals surface area contributed by atoms with Crippen molar-refractivity contribution in [3.63, 3.8) is 0 Å². The number of benzene rings is 2. The van der Waals surface area contributed by atoms with Crippen molar-refractivity contribution in [2.45, 2.75) is 25.7 Å². The van der Waals surface area contributed by atoms with E-state index in [4.69, 9.17) is 9.47 Å². The van der Waals surface area contributed by atoms with Gasteiger partial charge in [0.1, 0.15) is 5.69 Å². The van der Waals surface area contributed by atoms with Crippen LogP contribution < -0.4 is 9.47 Å². The third-order valence-corrected chi connectivity index (χ3v) is 5.54. The molecule has 8 heteroatoms. The lowest BCUT2D eigenvalue weighted by atomic mass is 9.71. The highest BCUT2D eigenvalue weighted by atomic mass is 16.7. The van der Waals surface area contributed by atoms with Crippen LogP contribution in [-0.4, -0.2) is 27.8 Å². The molecule has 146 valence electrons. The summed E-state index contributed by atoms with van der Waals surface area (Å²) in [7, 11) is 0. The smallest absolute Gasteiger partial charge is 0.270 e. The van der Waals surface area contributed by atoms with Crippen molar-refractivity contribution >= 4 is 12.0 Å². The van der Waals surface area contributed by atoms with Crippen LogP contribution in [0.3, 0.4) is 0 Å². The van der Waals surface area contributed by atoms with Crippen LogP contribution in [0.25, 0.3) is 16.9 Å². The number of non-ortho nitro benzene ring substituents is 1. The number of hydrogen-bond donors (Lipinski definition) is 0.